The zero-order valence-corrected chi connectivity index (χ0v) is 6.90. The first-order valence-corrected chi connectivity index (χ1v) is 3.96. The lowest BCUT2D eigenvalue weighted by molar-refractivity contribution is -0.105. The maximum atomic E-state index is 10.3. The monoisotopic (exact) mass is 172 g/mol. The van der Waals surface area contributed by atoms with Crippen LogP contribution in [0.25, 0.3) is 10.9 Å². The quantitative estimate of drug-likeness (QED) is 0.702. The van der Waals surface area contributed by atoms with Gasteiger partial charge in [-0.3, -0.25) is 9.78 Å². The summed E-state index contributed by atoms with van der Waals surface area (Å²) in [6.45, 7) is 0. The van der Waals surface area contributed by atoms with Crippen LogP contribution < -0.4 is 5.32 Å². The molecule has 3 nitrogen and oxygen atoms in total. The van der Waals surface area contributed by atoms with Gasteiger partial charge < -0.3 is 5.32 Å². The van der Waals surface area contributed by atoms with Crippen molar-refractivity contribution in [2.24, 2.45) is 0 Å². The Kier molecular flexibility index (Phi) is 1.92. The Labute approximate surface area is 75.4 Å². The minimum Gasteiger partial charge on any atom is -0.328 e. The van der Waals surface area contributed by atoms with Gasteiger partial charge >= 0.3 is 0 Å². The number of rotatable bonds is 2. The number of fused-ring (bicyclic) bond motifs is 1. The highest BCUT2D eigenvalue weighted by molar-refractivity contribution is 5.95. The average molecular weight is 172 g/mol. The molecule has 1 amide bonds. The third-order valence-electron chi connectivity index (χ3n) is 1.86. The van der Waals surface area contributed by atoms with E-state index in [-0.39, 0.29) is 0 Å². The van der Waals surface area contributed by atoms with Gasteiger partial charge in [-0.1, -0.05) is 6.07 Å². The molecule has 3 heteroatoms. The van der Waals surface area contributed by atoms with Gasteiger partial charge in [-0.15, -0.1) is 0 Å². The van der Waals surface area contributed by atoms with Gasteiger partial charge in [-0.2, -0.15) is 0 Å². The summed E-state index contributed by atoms with van der Waals surface area (Å²) >= 11 is 0. The van der Waals surface area contributed by atoms with E-state index in [2.05, 4.69) is 10.3 Å². The topological polar surface area (TPSA) is 42.0 Å². The second kappa shape index (κ2) is 3.23. The molecule has 0 radical (unpaired) electrons. The van der Waals surface area contributed by atoms with E-state index in [1.54, 1.807) is 6.20 Å². The van der Waals surface area contributed by atoms with Gasteiger partial charge in [-0.25, -0.2) is 0 Å². The van der Waals surface area contributed by atoms with Gasteiger partial charge in [0.05, 0.1) is 5.52 Å². The summed E-state index contributed by atoms with van der Waals surface area (Å²) in [5, 5.41) is 3.59. The van der Waals surface area contributed by atoms with Gasteiger partial charge in [0.2, 0.25) is 6.41 Å². The van der Waals surface area contributed by atoms with Crippen LogP contribution in [-0.2, 0) is 4.79 Å². The Morgan fingerprint density at radius 1 is 1.23 bits per heavy atom. The predicted molar refractivity (Wildman–Crippen MR) is 51.4 cm³/mol. The number of aromatic nitrogens is 1. The van der Waals surface area contributed by atoms with E-state index in [0.717, 1.165) is 16.6 Å². The largest absolute Gasteiger partial charge is 0.328 e. The molecular formula is C10H8N2O. The number of hydrogen-bond acceptors (Lipinski definition) is 2. The standard InChI is InChI=1S/C10H8N2O/c13-7-12-10-5-1-4-9-8(10)3-2-6-11-9/h1-7H,(H,12,13). The van der Waals surface area contributed by atoms with Crippen molar-refractivity contribution in [2.45, 2.75) is 0 Å². The minimum atomic E-state index is 0.668. The molecule has 1 aromatic heterocycles. The summed E-state index contributed by atoms with van der Waals surface area (Å²) in [7, 11) is 0. The minimum absolute atomic E-state index is 0.668. The normalized spacial score (nSPS) is 9.85. The molecule has 2 aromatic rings. The van der Waals surface area contributed by atoms with Crippen LogP contribution in [0.3, 0.4) is 0 Å². The molecule has 1 N–H and O–H groups in total. The highest BCUT2D eigenvalue weighted by Gasteiger charge is 1.98. The van der Waals surface area contributed by atoms with Crippen LogP contribution in [0.2, 0.25) is 0 Å². The number of carbonyl (C=O) groups excluding carboxylic acids is 1. The Morgan fingerprint density at radius 2 is 2.15 bits per heavy atom. The fraction of sp³-hybridized carbons (Fsp3) is 0. The zero-order valence-electron chi connectivity index (χ0n) is 6.90. The number of benzene rings is 1. The van der Waals surface area contributed by atoms with Crippen molar-refractivity contribution in [1.82, 2.24) is 4.98 Å². The third-order valence-corrected chi connectivity index (χ3v) is 1.86. The van der Waals surface area contributed by atoms with E-state index < -0.39 is 0 Å². The summed E-state index contributed by atoms with van der Waals surface area (Å²) in [6.07, 6.45) is 2.40. The fourth-order valence-corrected chi connectivity index (χ4v) is 1.29. The highest BCUT2D eigenvalue weighted by atomic mass is 16.1. The summed E-state index contributed by atoms with van der Waals surface area (Å²) in [4.78, 5) is 14.5. The molecule has 2 rings (SSSR count). The van der Waals surface area contributed by atoms with Crippen LogP contribution in [0.5, 0.6) is 0 Å². The number of amides is 1. The van der Waals surface area contributed by atoms with E-state index in [1.807, 2.05) is 30.3 Å². The number of nitrogens with one attached hydrogen (secondary N) is 1. The molecule has 0 aliphatic heterocycles. The van der Waals surface area contributed by atoms with Crippen molar-refractivity contribution in [3.8, 4) is 0 Å². The molecule has 0 aliphatic carbocycles. The fourth-order valence-electron chi connectivity index (χ4n) is 1.29. The van der Waals surface area contributed by atoms with Crippen LogP contribution in [0, 0.1) is 0 Å². The number of hydrogen-bond donors (Lipinski definition) is 1. The van der Waals surface area contributed by atoms with Crippen LogP contribution >= 0.6 is 0 Å². The molecule has 0 fully saturated rings. The Hall–Kier alpha value is -1.90. The first kappa shape index (κ1) is 7.73. The summed E-state index contributed by atoms with van der Waals surface area (Å²) in [6, 6.07) is 9.39. The van der Waals surface area contributed by atoms with E-state index in [4.69, 9.17) is 0 Å². The number of carbonyl (C=O) groups is 1. The second-order valence-electron chi connectivity index (χ2n) is 2.64. The van der Waals surface area contributed by atoms with Crippen LogP contribution in [0.15, 0.2) is 36.5 Å². The third kappa shape index (κ3) is 1.36. The molecule has 1 heterocycles. The first-order chi connectivity index (χ1) is 6.42. The molecule has 0 saturated carbocycles. The van der Waals surface area contributed by atoms with Crippen molar-refractivity contribution in [2.75, 3.05) is 5.32 Å². The molecular weight excluding hydrogens is 164 g/mol. The number of anilines is 1. The maximum absolute atomic E-state index is 10.3. The lowest BCUT2D eigenvalue weighted by atomic mass is 10.2. The lowest BCUT2D eigenvalue weighted by Gasteiger charge is -2.02. The second-order valence-corrected chi connectivity index (χ2v) is 2.64. The molecule has 0 unspecified atom stereocenters. The van der Waals surface area contributed by atoms with Gasteiger partial charge in [0.1, 0.15) is 0 Å². The smallest absolute Gasteiger partial charge is 0.211 e. The molecule has 0 bridgehead atoms. The van der Waals surface area contributed by atoms with E-state index in [1.165, 1.54) is 0 Å². The number of pyridine rings is 1. The molecule has 0 saturated heterocycles. The molecule has 1 aromatic carbocycles. The molecule has 0 aliphatic rings. The zero-order chi connectivity index (χ0) is 9.10. The van der Waals surface area contributed by atoms with Crippen LogP contribution in [0.4, 0.5) is 5.69 Å². The van der Waals surface area contributed by atoms with Crippen molar-refractivity contribution in [1.29, 1.82) is 0 Å². The summed E-state index contributed by atoms with van der Waals surface area (Å²) in [5.74, 6) is 0. The average Bonchev–Trinajstić information content (AvgIpc) is 2.19. The van der Waals surface area contributed by atoms with E-state index >= 15 is 0 Å². The lowest BCUT2D eigenvalue weighted by Crippen LogP contribution is -1.94. The highest BCUT2D eigenvalue weighted by Crippen LogP contribution is 2.20. The van der Waals surface area contributed by atoms with E-state index in [9.17, 15) is 4.79 Å². The number of nitrogens with zero attached hydrogens (tertiary/aromatic N) is 1. The Morgan fingerprint density at radius 3 is 3.00 bits per heavy atom. The predicted octanol–water partition coefficient (Wildman–Crippen LogP) is 1.80. The molecule has 64 valence electrons. The SMILES string of the molecule is O=CNc1cccc2ncccc12. The van der Waals surface area contributed by atoms with Crippen LogP contribution in [-0.4, -0.2) is 11.4 Å². The van der Waals surface area contributed by atoms with E-state index in [0.29, 0.717) is 6.41 Å². The van der Waals surface area contributed by atoms with Crippen molar-refractivity contribution in [3.05, 3.63) is 36.5 Å². The first-order valence-electron chi connectivity index (χ1n) is 3.96. The van der Waals surface area contributed by atoms with Gasteiger partial charge in [0.25, 0.3) is 0 Å². The summed E-state index contributed by atoms with van der Waals surface area (Å²) in [5.41, 5.74) is 1.68. The molecule has 0 spiro atoms. The van der Waals surface area contributed by atoms with Gasteiger partial charge in [0, 0.05) is 17.3 Å². The summed E-state index contributed by atoms with van der Waals surface area (Å²) < 4.78 is 0. The van der Waals surface area contributed by atoms with Crippen molar-refractivity contribution >= 4 is 23.0 Å². The van der Waals surface area contributed by atoms with Crippen molar-refractivity contribution < 1.29 is 4.79 Å². The van der Waals surface area contributed by atoms with Crippen LogP contribution in [0.1, 0.15) is 0 Å². The molecule has 0 atom stereocenters. The maximum Gasteiger partial charge on any atom is 0.211 e. The van der Waals surface area contributed by atoms with Gasteiger partial charge in [-0.05, 0) is 24.3 Å². The Balaban J connectivity index is 2.68. The molecule has 13 heavy (non-hydrogen) atoms. The van der Waals surface area contributed by atoms with Crippen molar-refractivity contribution in [3.63, 3.8) is 0 Å². The van der Waals surface area contributed by atoms with Gasteiger partial charge in [0.15, 0.2) is 0 Å². The Bertz CT molecular complexity index is 434.